The third-order valence-electron chi connectivity index (χ3n) is 1.59. The van der Waals surface area contributed by atoms with Gasteiger partial charge >= 0.3 is 17.9 Å². The standard InChI is InChI=1S/C7H12O2.C4H2O3/c1-4-6(3)7(8)9-5-2;5-3-1-2-4(6)7-3/h4H,5H2,1-3H3;1-2H. The highest BCUT2D eigenvalue weighted by atomic mass is 16.6. The average Bonchev–Trinajstić information content (AvgIpc) is 2.62. The normalized spacial score (nSPS) is 14.1. The zero-order valence-corrected chi connectivity index (χ0v) is 9.48. The Morgan fingerprint density at radius 3 is 2.12 bits per heavy atom. The highest BCUT2D eigenvalue weighted by molar-refractivity contribution is 6.04. The van der Waals surface area contributed by atoms with E-state index in [0.717, 1.165) is 12.2 Å². The molecule has 0 aliphatic carbocycles. The van der Waals surface area contributed by atoms with E-state index in [4.69, 9.17) is 0 Å². The van der Waals surface area contributed by atoms with Crippen molar-refractivity contribution in [2.75, 3.05) is 6.61 Å². The lowest BCUT2D eigenvalue weighted by molar-refractivity contribution is -0.150. The molecule has 5 nitrogen and oxygen atoms in total. The Hall–Kier alpha value is -1.91. The largest absolute Gasteiger partial charge is 0.463 e. The summed E-state index contributed by atoms with van der Waals surface area (Å²) in [5.74, 6) is -1.38. The number of hydrogen-bond acceptors (Lipinski definition) is 5. The van der Waals surface area contributed by atoms with E-state index in [0.29, 0.717) is 12.2 Å². The van der Waals surface area contributed by atoms with Crippen molar-refractivity contribution >= 4 is 17.9 Å². The second-order valence-electron chi connectivity index (χ2n) is 2.77. The monoisotopic (exact) mass is 226 g/mol. The number of rotatable bonds is 2. The van der Waals surface area contributed by atoms with Gasteiger partial charge in [0.15, 0.2) is 0 Å². The highest BCUT2D eigenvalue weighted by Crippen LogP contribution is 1.94. The zero-order chi connectivity index (χ0) is 12.6. The molecule has 0 radical (unpaired) electrons. The number of ether oxygens (including phenoxy) is 2. The van der Waals surface area contributed by atoms with Crippen molar-refractivity contribution in [2.24, 2.45) is 0 Å². The molecule has 0 amide bonds. The Bertz CT molecular complexity index is 322. The maximum absolute atomic E-state index is 10.7. The molecule has 0 fully saturated rings. The molecule has 0 bridgehead atoms. The average molecular weight is 226 g/mol. The van der Waals surface area contributed by atoms with E-state index in [1.165, 1.54) is 0 Å². The number of carbonyl (C=O) groups excluding carboxylic acids is 3. The van der Waals surface area contributed by atoms with Crippen molar-refractivity contribution in [1.82, 2.24) is 0 Å². The van der Waals surface area contributed by atoms with Crippen LogP contribution in [0.5, 0.6) is 0 Å². The van der Waals surface area contributed by atoms with E-state index < -0.39 is 11.9 Å². The summed E-state index contributed by atoms with van der Waals surface area (Å²) in [7, 11) is 0. The molecule has 0 atom stereocenters. The van der Waals surface area contributed by atoms with Gasteiger partial charge in [0.25, 0.3) is 0 Å². The first-order chi connectivity index (χ1) is 7.51. The molecule has 1 heterocycles. The minimum Gasteiger partial charge on any atom is -0.463 e. The molecule has 0 spiro atoms. The van der Waals surface area contributed by atoms with Crippen molar-refractivity contribution in [2.45, 2.75) is 20.8 Å². The lowest BCUT2D eigenvalue weighted by atomic mass is 10.3. The number of esters is 3. The Balaban J connectivity index is 0.000000288. The summed E-state index contributed by atoms with van der Waals surface area (Å²) in [5, 5.41) is 0. The lowest BCUT2D eigenvalue weighted by Crippen LogP contribution is -2.04. The second kappa shape index (κ2) is 7.39. The Morgan fingerprint density at radius 2 is 1.88 bits per heavy atom. The van der Waals surface area contributed by atoms with Gasteiger partial charge in [-0.2, -0.15) is 0 Å². The first-order valence-corrected chi connectivity index (χ1v) is 4.75. The first kappa shape index (κ1) is 14.1. The fraction of sp³-hybridized carbons (Fsp3) is 0.364. The first-order valence-electron chi connectivity index (χ1n) is 4.75. The molecule has 5 heteroatoms. The van der Waals surface area contributed by atoms with Crippen LogP contribution < -0.4 is 0 Å². The SMILES string of the molecule is CC=C(C)C(=O)OCC.O=C1C=CC(=O)O1. The van der Waals surface area contributed by atoms with E-state index in [1.807, 2.05) is 6.92 Å². The van der Waals surface area contributed by atoms with Crippen LogP contribution in [0.3, 0.4) is 0 Å². The van der Waals surface area contributed by atoms with Gasteiger partial charge < -0.3 is 9.47 Å². The number of cyclic esters (lactones) is 2. The molecule has 0 aromatic carbocycles. The summed E-state index contributed by atoms with van der Waals surface area (Å²) in [5.41, 5.74) is 0.664. The zero-order valence-electron chi connectivity index (χ0n) is 9.48. The molecule has 88 valence electrons. The van der Waals surface area contributed by atoms with Crippen LogP contribution in [-0.2, 0) is 23.9 Å². The van der Waals surface area contributed by atoms with Crippen molar-refractivity contribution in [3.8, 4) is 0 Å². The maximum Gasteiger partial charge on any atom is 0.338 e. The Labute approximate surface area is 93.7 Å². The van der Waals surface area contributed by atoms with Crippen LogP contribution in [0, 0.1) is 0 Å². The maximum atomic E-state index is 10.7. The van der Waals surface area contributed by atoms with Crippen LogP contribution in [0.4, 0.5) is 0 Å². The van der Waals surface area contributed by atoms with Crippen LogP contribution in [0.1, 0.15) is 20.8 Å². The number of carbonyl (C=O) groups is 3. The molecule has 0 saturated heterocycles. The molecule has 0 saturated carbocycles. The van der Waals surface area contributed by atoms with Gasteiger partial charge in [0.05, 0.1) is 6.61 Å². The number of hydrogen-bond donors (Lipinski definition) is 0. The molecule has 1 aliphatic heterocycles. The van der Waals surface area contributed by atoms with Gasteiger partial charge in [0.1, 0.15) is 0 Å². The third-order valence-corrected chi connectivity index (χ3v) is 1.59. The lowest BCUT2D eigenvalue weighted by Gasteiger charge is -1.98. The summed E-state index contributed by atoms with van der Waals surface area (Å²) in [6, 6.07) is 0. The molecule has 0 unspecified atom stereocenters. The highest BCUT2D eigenvalue weighted by Gasteiger charge is 2.10. The van der Waals surface area contributed by atoms with Gasteiger partial charge in [-0.3, -0.25) is 0 Å². The van der Waals surface area contributed by atoms with Gasteiger partial charge in [-0.05, 0) is 20.8 Å². The quantitative estimate of drug-likeness (QED) is 0.401. The summed E-state index contributed by atoms with van der Waals surface area (Å²) in [6.07, 6.45) is 3.91. The Morgan fingerprint density at radius 1 is 1.38 bits per heavy atom. The summed E-state index contributed by atoms with van der Waals surface area (Å²) >= 11 is 0. The second-order valence-corrected chi connectivity index (χ2v) is 2.77. The molecule has 1 rings (SSSR count). The molecular formula is C11H14O5. The van der Waals surface area contributed by atoms with Crippen LogP contribution in [-0.4, -0.2) is 24.5 Å². The summed E-state index contributed by atoms with van der Waals surface area (Å²) in [4.78, 5) is 30.5. The van der Waals surface area contributed by atoms with Gasteiger partial charge in [-0.25, -0.2) is 14.4 Å². The molecule has 0 aromatic heterocycles. The van der Waals surface area contributed by atoms with E-state index in [9.17, 15) is 14.4 Å². The smallest absolute Gasteiger partial charge is 0.338 e. The van der Waals surface area contributed by atoms with Crippen LogP contribution in [0.25, 0.3) is 0 Å². The van der Waals surface area contributed by atoms with Crippen LogP contribution in [0.15, 0.2) is 23.8 Å². The predicted molar refractivity (Wildman–Crippen MR) is 56.3 cm³/mol. The fourth-order valence-corrected chi connectivity index (χ4v) is 0.666. The summed E-state index contributed by atoms with van der Waals surface area (Å²) in [6.45, 7) is 5.79. The van der Waals surface area contributed by atoms with Crippen molar-refractivity contribution in [1.29, 1.82) is 0 Å². The number of allylic oxidation sites excluding steroid dienone is 1. The molecule has 0 N–H and O–H groups in total. The van der Waals surface area contributed by atoms with Crippen molar-refractivity contribution in [3.63, 3.8) is 0 Å². The molecule has 0 aromatic rings. The van der Waals surface area contributed by atoms with Gasteiger partial charge in [-0.15, -0.1) is 0 Å². The van der Waals surface area contributed by atoms with E-state index in [-0.39, 0.29) is 5.97 Å². The predicted octanol–water partition coefficient (Wildman–Crippen LogP) is 1.14. The van der Waals surface area contributed by atoms with Crippen molar-refractivity contribution in [3.05, 3.63) is 23.8 Å². The fourth-order valence-electron chi connectivity index (χ4n) is 0.666. The Kier molecular flexibility index (Phi) is 6.51. The van der Waals surface area contributed by atoms with E-state index in [1.54, 1.807) is 19.9 Å². The minimum atomic E-state index is -0.579. The van der Waals surface area contributed by atoms with Gasteiger partial charge in [0.2, 0.25) is 0 Å². The van der Waals surface area contributed by atoms with Crippen molar-refractivity contribution < 1.29 is 23.9 Å². The van der Waals surface area contributed by atoms with E-state index in [2.05, 4.69) is 9.47 Å². The minimum absolute atomic E-state index is 0.222. The molecular weight excluding hydrogens is 212 g/mol. The third kappa shape index (κ3) is 5.74. The van der Waals surface area contributed by atoms with E-state index >= 15 is 0 Å². The molecule has 1 aliphatic rings. The molecule has 16 heavy (non-hydrogen) atoms. The topological polar surface area (TPSA) is 69.7 Å². The summed E-state index contributed by atoms with van der Waals surface area (Å²) < 4.78 is 8.66. The van der Waals surface area contributed by atoms with Gasteiger partial charge in [-0.1, -0.05) is 6.08 Å². The van der Waals surface area contributed by atoms with Gasteiger partial charge in [0, 0.05) is 17.7 Å². The van der Waals surface area contributed by atoms with Crippen LogP contribution >= 0.6 is 0 Å². The van der Waals surface area contributed by atoms with Crippen LogP contribution in [0.2, 0.25) is 0 Å².